The highest BCUT2D eigenvalue weighted by Gasteiger charge is 2.35. The van der Waals surface area contributed by atoms with E-state index >= 15 is 0 Å². The molecule has 2 aromatic rings. The van der Waals surface area contributed by atoms with Crippen LogP contribution in [0.3, 0.4) is 0 Å². The molecular formula is C18H12Cl2N2O3S. The SMILES string of the molecule is COC(=O)/C=C1/SC(=Nc2ccc(Cl)cc2)N(c2ccc(Cl)cc2)C1=O. The summed E-state index contributed by atoms with van der Waals surface area (Å²) in [5.41, 5.74) is 1.22. The van der Waals surface area contributed by atoms with Gasteiger partial charge in [-0.2, -0.15) is 0 Å². The summed E-state index contributed by atoms with van der Waals surface area (Å²) >= 11 is 12.9. The zero-order valence-electron chi connectivity index (χ0n) is 13.5. The van der Waals surface area contributed by atoms with E-state index < -0.39 is 5.97 Å². The molecule has 1 heterocycles. The number of anilines is 1. The van der Waals surface area contributed by atoms with Crippen molar-refractivity contribution >= 4 is 63.4 Å². The summed E-state index contributed by atoms with van der Waals surface area (Å²) in [5, 5.41) is 1.55. The van der Waals surface area contributed by atoms with Crippen molar-refractivity contribution in [1.29, 1.82) is 0 Å². The number of halogens is 2. The van der Waals surface area contributed by atoms with Crippen LogP contribution in [0, 0.1) is 0 Å². The number of amides is 1. The van der Waals surface area contributed by atoms with Crippen molar-refractivity contribution in [2.45, 2.75) is 0 Å². The molecule has 0 unspecified atom stereocenters. The van der Waals surface area contributed by atoms with Crippen molar-refractivity contribution in [3.8, 4) is 0 Å². The third kappa shape index (κ3) is 4.09. The van der Waals surface area contributed by atoms with Crippen LogP contribution in [0.5, 0.6) is 0 Å². The van der Waals surface area contributed by atoms with E-state index in [2.05, 4.69) is 9.73 Å². The summed E-state index contributed by atoms with van der Waals surface area (Å²) in [6.07, 6.45) is 1.15. The molecule has 2 aromatic carbocycles. The van der Waals surface area contributed by atoms with Gasteiger partial charge in [-0.15, -0.1) is 0 Å². The average Bonchev–Trinajstić information content (AvgIpc) is 2.93. The van der Waals surface area contributed by atoms with Crippen LogP contribution in [0.2, 0.25) is 10.0 Å². The van der Waals surface area contributed by atoms with Gasteiger partial charge in [-0.25, -0.2) is 9.79 Å². The Balaban J connectivity index is 2.04. The second kappa shape index (κ2) is 7.95. The highest BCUT2D eigenvalue weighted by molar-refractivity contribution is 8.19. The number of hydrogen-bond donors (Lipinski definition) is 0. The van der Waals surface area contributed by atoms with E-state index in [0.717, 1.165) is 17.8 Å². The molecule has 26 heavy (non-hydrogen) atoms. The Kier molecular flexibility index (Phi) is 5.66. The molecule has 0 aliphatic carbocycles. The molecular weight excluding hydrogens is 395 g/mol. The predicted octanol–water partition coefficient (Wildman–Crippen LogP) is 4.82. The van der Waals surface area contributed by atoms with Crippen molar-refractivity contribution < 1.29 is 14.3 Å². The zero-order chi connectivity index (χ0) is 18.7. The minimum Gasteiger partial charge on any atom is -0.466 e. The number of carbonyl (C=O) groups excluding carboxylic acids is 2. The molecule has 0 N–H and O–H groups in total. The molecule has 0 saturated carbocycles. The van der Waals surface area contributed by atoms with Gasteiger partial charge in [-0.1, -0.05) is 23.2 Å². The lowest BCUT2D eigenvalue weighted by molar-refractivity contribution is -0.135. The quantitative estimate of drug-likeness (QED) is 0.541. The number of amidine groups is 1. The van der Waals surface area contributed by atoms with Gasteiger partial charge in [-0.3, -0.25) is 9.69 Å². The van der Waals surface area contributed by atoms with Crippen molar-refractivity contribution in [3.63, 3.8) is 0 Å². The number of thioether (sulfide) groups is 1. The van der Waals surface area contributed by atoms with Crippen molar-refractivity contribution in [3.05, 3.63) is 69.6 Å². The Morgan fingerprint density at radius 1 is 1.08 bits per heavy atom. The van der Waals surface area contributed by atoms with Crippen LogP contribution in [0.1, 0.15) is 0 Å². The molecule has 1 aliphatic rings. The molecule has 8 heteroatoms. The lowest BCUT2D eigenvalue weighted by Crippen LogP contribution is -2.28. The number of hydrogen-bond acceptors (Lipinski definition) is 5. The maximum absolute atomic E-state index is 12.8. The van der Waals surface area contributed by atoms with Crippen LogP contribution in [0.25, 0.3) is 0 Å². The summed E-state index contributed by atoms with van der Waals surface area (Å²) < 4.78 is 4.61. The normalized spacial score (nSPS) is 17.2. The number of rotatable bonds is 3. The second-order valence-corrected chi connectivity index (χ2v) is 7.00. The maximum atomic E-state index is 12.8. The van der Waals surface area contributed by atoms with Crippen molar-refractivity contribution in [2.24, 2.45) is 4.99 Å². The van der Waals surface area contributed by atoms with E-state index in [0.29, 0.717) is 26.6 Å². The molecule has 0 bridgehead atoms. The zero-order valence-corrected chi connectivity index (χ0v) is 15.8. The van der Waals surface area contributed by atoms with E-state index in [4.69, 9.17) is 23.2 Å². The highest BCUT2D eigenvalue weighted by Crippen LogP contribution is 2.36. The Morgan fingerprint density at radius 3 is 2.23 bits per heavy atom. The molecule has 0 radical (unpaired) electrons. The minimum atomic E-state index is -0.607. The number of methoxy groups -OCH3 is 1. The fourth-order valence-corrected chi connectivity index (χ4v) is 3.37. The first kappa shape index (κ1) is 18.5. The third-order valence-corrected chi connectivity index (χ3v) is 4.87. The number of esters is 1. The minimum absolute atomic E-state index is 0.222. The highest BCUT2D eigenvalue weighted by atomic mass is 35.5. The van der Waals surface area contributed by atoms with Crippen LogP contribution < -0.4 is 4.90 Å². The van der Waals surface area contributed by atoms with E-state index in [-0.39, 0.29) is 10.8 Å². The first-order chi connectivity index (χ1) is 12.5. The van der Waals surface area contributed by atoms with Gasteiger partial charge in [0, 0.05) is 16.1 Å². The van der Waals surface area contributed by atoms with Gasteiger partial charge in [0.05, 0.1) is 23.4 Å². The smallest absolute Gasteiger partial charge is 0.331 e. The average molecular weight is 407 g/mol. The molecule has 0 atom stereocenters. The molecule has 1 saturated heterocycles. The molecule has 1 amide bonds. The van der Waals surface area contributed by atoms with Gasteiger partial charge in [0.1, 0.15) is 0 Å². The van der Waals surface area contributed by atoms with E-state index in [1.54, 1.807) is 48.5 Å². The standard InChI is InChI=1S/C18H12Cl2N2O3S/c1-25-16(23)10-15-17(24)22(14-8-4-12(20)5-9-14)18(26-15)21-13-6-2-11(19)3-7-13/h2-10H,1H3/b15-10+,21-18?. The molecule has 3 rings (SSSR count). The lowest BCUT2D eigenvalue weighted by Gasteiger charge is -2.15. The number of nitrogens with zero attached hydrogens (tertiary/aromatic N) is 2. The largest absolute Gasteiger partial charge is 0.466 e. The maximum Gasteiger partial charge on any atom is 0.331 e. The summed E-state index contributed by atoms with van der Waals surface area (Å²) in [4.78, 5) is 30.5. The van der Waals surface area contributed by atoms with Gasteiger partial charge in [0.15, 0.2) is 5.17 Å². The first-order valence-corrected chi connectivity index (χ1v) is 8.97. The third-order valence-electron chi connectivity index (χ3n) is 3.39. The number of ether oxygens (including phenoxy) is 1. The summed E-state index contributed by atoms with van der Waals surface area (Å²) in [6, 6.07) is 13.7. The fraction of sp³-hybridized carbons (Fsp3) is 0.0556. The Labute approximate surface area is 164 Å². The Morgan fingerprint density at radius 2 is 1.65 bits per heavy atom. The van der Waals surface area contributed by atoms with Gasteiger partial charge >= 0.3 is 5.97 Å². The summed E-state index contributed by atoms with van der Waals surface area (Å²) in [5.74, 6) is -0.972. The molecule has 1 aliphatic heterocycles. The van der Waals surface area contributed by atoms with Crippen LogP contribution in [-0.4, -0.2) is 24.2 Å². The number of aliphatic imine (C=N–C) groups is 1. The first-order valence-electron chi connectivity index (χ1n) is 7.39. The monoisotopic (exact) mass is 406 g/mol. The Bertz CT molecular complexity index is 909. The van der Waals surface area contributed by atoms with Crippen molar-refractivity contribution in [2.75, 3.05) is 12.0 Å². The van der Waals surface area contributed by atoms with Crippen LogP contribution in [-0.2, 0) is 14.3 Å². The molecule has 5 nitrogen and oxygen atoms in total. The number of carbonyl (C=O) groups is 2. The van der Waals surface area contributed by atoms with Gasteiger partial charge in [-0.05, 0) is 60.3 Å². The topological polar surface area (TPSA) is 59.0 Å². The molecule has 0 spiro atoms. The molecule has 0 aromatic heterocycles. The molecule has 132 valence electrons. The van der Waals surface area contributed by atoms with Gasteiger partial charge in [0.2, 0.25) is 0 Å². The lowest BCUT2D eigenvalue weighted by atomic mass is 10.3. The predicted molar refractivity (Wildman–Crippen MR) is 105 cm³/mol. The second-order valence-electron chi connectivity index (χ2n) is 5.12. The van der Waals surface area contributed by atoms with Crippen LogP contribution in [0.15, 0.2) is 64.5 Å². The fourth-order valence-electron chi connectivity index (χ4n) is 2.16. The van der Waals surface area contributed by atoms with Crippen molar-refractivity contribution in [1.82, 2.24) is 0 Å². The van der Waals surface area contributed by atoms with Gasteiger partial charge in [0.25, 0.3) is 5.91 Å². The Hall–Kier alpha value is -2.28. The van der Waals surface area contributed by atoms with E-state index in [1.807, 2.05) is 0 Å². The van der Waals surface area contributed by atoms with E-state index in [1.165, 1.54) is 12.0 Å². The summed E-state index contributed by atoms with van der Waals surface area (Å²) in [6.45, 7) is 0. The van der Waals surface area contributed by atoms with E-state index in [9.17, 15) is 9.59 Å². The van der Waals surface area contributed by atoms with Crippen LogP contribution in [0.4, 0.5) is 11.4 Å². The van der Waals surface area contributed by atoms with Crippen LogP contribution >= 0.6 is 35.0 Å². The van der Waals surface area contributed by atoms with Gasteiger partial charge < -0.3 is 4.74 Å². The number of benzene rings is 2. The summed E-state index contributed by atoms with van der Waals surface area (Å²) in [7, 11) is 1.25. The molecule has 1 fully saturated rings.